The van der Waals surface area contributed by atoms with Crippen molar-refractivity contribution in [3.8, 4) is 0 Å². The van der Waals surface area contributed by atoms with E-state index < -0.39 is 0 Å². The zero-order chi connectivity index (χ0) is 15.4. The SMILES string of the molecule is CCCCCCCCC[CH]OCCCCCCCCCC. The summed E-state index contributed by atoms with van der Waals surface area (Å²) in [6.07, 6.45) is 21.9. The molecule has 0 saturated heterocycles. The van der Waals surface area contributed by atoms with Gasteiger partial charge in [0.1, 0.15) is 0 Å². The summed E-state index contributed by atoms with van der Waals surface area (Å²) < 4.78 is 5.60. The number of unbranched alkanes of at least 4 members (excludes halogenated alkanes) is 14. The van der Waals surface area contributed by atoms with Crippen molar-refractivity contribution in [2.24, 2.45) is 0 Å². The van der Waals surface area contributed by atoms with E-state index >= 15 is 0 Å². The third-order valence-electron chi connectivity index (χ3n) is 4.16. The molecule has 0 aliphatic rings. The van der Waals surface area contributed by atoms with Crippen molar-refractivity contribution in [3.63, 3.8) is 0 Å². The van der Waals surface area contributed by atoms with Gasteiger partial charge in [0.15, 0.2) is 0 Å². The van der Waals surface area contributed by atoms with Crippen molar-refractivity contribution in [1.82, 2.24) is 0 Å². The topological polar surface area (TPSA) is 9.23 Å². The highest BCUT2D eigenvalue weighted by Gasteiger charge is 1.94. The summed E-state index contributed by atoms with van der Waals surface area (Å²) in [6.45, 7) is 7.54. The zero-order valence-corrected chi connectivity index (χ0v) is 15.0. The van der Waals surface area contributed by atoms with Crippen LogP contribution >= 0.6 is 0 Å². The lowest BCUT2D eigenvalue weighted by Gasteiger charge is -2.04. The molecule has 0 fully saturated rings. The summed E-state index contributed by atoms with van der Waals surface area (Å²) in [5.74, 6) is 0. The maximum atomic E-state index is 5.60. The molecule has 0 heterocycles. The quantitative estimate of drug-likeness (QED) is 0.239. The Morgan fingerprint density at radius 1 is 0.524 bits per heavy atom. The summed E-state index contributed by atoms with van der Waals surface area (Å²) >= 11 is 0. The molecule has 0 spiro atoms. The van der Waals surface area contributed by atoms with Gasteiger partial charge in [0.2, 0.25) is 0 Å². The van der Waals surface area contributed by atoms with Gasteiger partial charge >= 0.3 is 0 Å². The van der Waals surface area contributed by atoms with Crippen molar-refractivity contribution in [3.05, 3.63) is 6.61 Å². The summed E-state index contributed by atoms with van der Waals surface area (Å²) in [6, 6.07) is 0. The molecule has 0 atom stereocenters. The third-order valence-corrected chi connectivity index (χ3v) is 4.16. The molecule has 0 amide bonds. The first-order chi connectivity index (χ1) is 10.4. The molecular weight excluding hydrogens is 256 g/mol. The highest BCUT2D eigenvalue weighted by Crippen LogP contribution is 2.11. The fourth-order valence-electron chi connectivity index (χ4n) is 2.67. The Labute approximate surface area is 135 Å². The van der Waals surface area contributed by atoms with E-state index in [1.165, 1.54) is 96.3 Å². The van der Waals surface area contributed by atoms with Crippen molar-refractivity contribution < 1.29 is 4.74 Å². The second-order valence-corrected chi connectivity index (χ2v) is 6.42. The second-order valence-electron chi connectivity index (χ2n) is 6.42. The van der Waals surface area contributed by atoms with Gasteiger partial charge in [0.05, 0.1) is 6.61 Å². The molecule has 1 radical (unpaired) electrons. The van der Waals surface area contributed by atoms with Crippen LogP contribution in [0.1, 0.15) is 117 Å². The van der Waals surface area contributed by atoms with Gasteiger partial charge in [-0.25, -0.2) is 0 Å². The highest BCUT2D eigenvalue weighted by molar-refractivity contribution is 4.53. The van der Waals surface area contributed by atoms with Crippen LogP contribution in [-0.4, -0.2) is 6.61 Å². The normalized spacial score (nSPS) is 11.1. The van der Waals surface area contributed by atoms with Gasteiger partial charge in [-0.05, 0) is 12.8 Å². The zero-order valence-electron chi connectivity index (χ0n) is 15.0. The monoisotopic (exact) mass is 297 g/mol. The van der Waals surface area contributed by atoms with Crippen molar-refractivity contribution in [2.45, 2.75) is 117 Å². The molecule has 0 unspecified atom stereocenters. The number of hydrogen-bond acceptors (Lipinski definition) is 1. The van der Waals surface area contributed by atoms with Crippen LogP contribution in [0.3, 0.4) is 0 Å². The smallest absolute Gasteiger partial charge is 0.0836 e. The van der Waals surface area contributed by atoms with Crippen LogP contribution in [0.4, 0.5) is 0 Å². The van der Waals surface area contributed by atoms with E-state index in [0.29, 0.717) is 0 Å². The Morgan fingerprint density at radius 2 is 0.952 bits per heavy atom. The van der Waals surface area contributed by atoms with Crippen LogP contribution in [0.5, 0.6) is 0 Å². The maximum Gasteiger partial charge on any atom is 0.0836 e. The molecule has 21 heavy (non-hydrogen) atoms. The molecular formula is C20H41O. The lowest BCUT2D eigenvalue weighted by molar-refractivity contribution is 0.183. The van der Waals surface area contributed by atoms with Crippen molar-refractivity contribution in [1.29, 1.82) is 0 Å². The van der Waals surface area contributed by atoms with Gasteiger partial charge in [-0.3, -0.25) is 0 Å². The van der Waals surface area contributed by atoms with Crippen LogP contribution in [0.25, 0.3) is 0 Å². The Hall–Kier alpha value is -0.0400. The van der Waals surface area contributed by atoms with E-state index in [1.54, 1.807) is 0 Å². The molecule has 0 aliphatic carbocycles. The summed E-state index contributed by atoms with van der Waals surface area (Å²) in [5, 5.41) is 0. The maximum absolute atomic E-state index is 5.60. The second kappa shape index (κ2) is 20.0. The molecule has 0 rings (SSSR count). The van der Waals surface area contributed by atoms with Crippen LogP contribution in [0.15, 0.2) is 0 Å². The third kappa shape index (κ3) is 20.0. The highest BCUT2D eigenvalue weighted by atomic mass is 16.5. The Morgan fingerprint density at radius 3 is 1.48 bits per heavy atom. The molecule has 0 aliphatic heterocycles. The Bertz CT molecular complexity index is 149. The summed E-state index contributed by atoms with van der Waals surface area (Å²) in [7, 11) is 0. The molecule has 0 saturated carbocycles. The van der Waals surface area contributed by atoms with Gasteiger partial charge in [0, 0.05) is 6.61 Å². The molecule has 0 bridgehead atoms. The average molecular weight is 298 g/mol. The summed E-state index contributed by atoms with van der Waals surface area (Å²) in [5.41, 5.74) is 0. The summed E-state index contributed by atoms with van der Waals surface area (Å²) in [4.78, 5) is 0. The minimum atomic E-state index is 0.936. The largest absolute Gasteiger partial charge is 0.376 e. The van der Waals surface area contributed by atoms with E-state index in [-0.39, 0.29) is 0 Å². The Kier molecular flexibility index (Phi) is 19.9. The van der Waals surface area contributed by atoms with E-state index in [0.717, 1.165) is 13.0 Å². The lowest BCUT2D eigenvalue weighted by atomic mass is 10.1. The van der Waals surface area contributed by atoms with Crippen molar-refractivity contribution in [2.75, 3.05) is 6.61 Å². The van der Waals surface area contributed by atoms with Crippen molar-refractivity contribution >= 4 is 0 Å². The van der Waals surface area contributed by atoms with Gasteiger partial charge in [0.25, 0.3) is 0 Å². The molecule has 0 aromatic carbocycles. The first-order valence-electron chi connectivity index (χ1n) is 9.85. The van der Waals surface area contributed by atoms with Crippen LogP contribution in [0, 0.1) is 6.61 Å². The molecule has 0 N–H and O–H groups in total. The van der Waals surface area contributed by atoms with E-state index in [2.05, 4.69) is 13.8 Å². The fourth-order valence-corrected chi connectivity index (χ4v) is 2.67. The fraction of sp³-hybridized carbons (Fsp3) is 0.950. The molecule has 0 aromatic rings. The molecule has 127 valence electrons. The predicted molar refractivity (Wildman–Crippen MR) is 95.5 cm³/mol. The van der Waals surface area contributed by atoms with E-state index in [4.69, 9.17) is 4.74 Å². The standard InChI is InChI=1S/C20H41O/c1-3-5-7-9-11-13-15-17-19-21-20-18-16-14-12-10-8-6-4-2/h19H,3-18,20H2,1-2H3. The average Bonchev–Trinajstić information content (AvgIpc) is 2.50. The van der Waals surface area contributed by atoms with Gasteiger partial charge in [-0.1, -0.05) is 104 Å². The van der Waals surface area contributed by atoms with E-state index in [1.807, 2.05) is 6.61 Å². The molecule has 1 heteroatoms. The van der Waals surface area contributed by atoms with Gasteiger partial charge in [-0.15, -0.1) is 0 Å². The molecule has 0 aromatic heterocycles. The van der Waals surface area contributed by atoms with Gasteiger partial charge < -0.3 is 4.74 Å². The van der Waals surface area contributed by atoms with Crippen LogP contribution in [-0.2, 0) is 4.74 Å². The van der Waals surface area contributed by atoms with E-state index in [9.17, 15) is 0 Å². The minimum absolute atomic E-state index is 0.936. The lowest BCUT2D eigenvalue weighted by Crippen LogP contribution is -1.92. The van der Waals surface area contributed by atoms with Gasteiger partial charge in [-0.2, -0.15) is 0 Å². The first kappa shape index (κ1) is 21.0. The minimum Gasteiger partial charge on any atom is -0.376 e. The van der Waals surface area contributed by atoms with Crippen LogP contribution < -0.4 is 0 Å². The Balaban J connectivity index is 2.90. The number of ether oxygens (including phenoxy) is 1. The van der Waals surface area contributed by atoms with Crippen LogP contribution in [0.2, 0.25) is 0 Å². The number of hydrogen-bond donors (Lipinski definition) is 0. The predicted octanol–water partition coefficient (Wildman–Crippen LogP) is 7.45. The molecule has 1 nitrogen and oxygen atoms in total. The first-order valence-corrected chi connectivity index (χ1v) is 9.85. The number of rotatable bonds is 18.